The van der Waals surface area contributed by atoms with Crippen molar-refractivity contribution in [3.63, 3.8) is 0 Å². The highest BCUT2D eigenvalue weighted by Gasteiger charge is 1.95. The lowest BCUT2D eigenvalue weighted by Crippen LogP contribution is -1.76. The lowest BCUT2D eigenvalue weighted by atomic mass is 10.4. The van der Waals surface area contributed by atoms with Crippen LogP contribution in [0.15, 0.2) is 46.2 Å². The van der Waals surface area contributed by atoms with Crippen LogP contribution in [0, 0.1) is 0 Å². The minimum atomic E-state index is 0.751. The second-order valence-corrected chi connectivity index (χ2v) is 3.37. The van der Waals surface area contributed by atoms with Gasteiger partial charge in [0.25, 0.3) is 0 Å². The summed E-state index contributed by atoms with van der Waals surface area (Å²) in [5.41, 5.74) is 0. The Bertz CT molecular complexity index is 277. The molecule has 0 aliphatic carbocycles. The fourth-order valence-corrected chi connectivity index (χ4v) is 1.51. The van der Waals surface area contributed by atoms with Gasteiger partial charge in [-0.1, -0.05) is 36.0 Å². The Morgan fingerprint density at radius 1 is 1.33 bits per heavy atom. The van der Waals surface area contributed by atoms with Gasteiger partial charge in [0.05, 0.1) is 0 Å². The van der Waals surface area contributed by atoms with Gasteiger partial charge in [-0.2, -0.15) is 0 Å². The van der Waals surface area contributed by atoms with Crippen LogP contribution in [0.3, 0.4) is 0 Å². The molecule has 0 N–H and O–H groups in total. The maximum absolute atomic E-state index is 10.5. The summed E-state index contributed by atoms with van der Waals surface area (Å²) in [7, 11) is 0. The molecule has 2 heteroatoms. The summed E-state index contributed by atoms with van der Waals surface area (Å²) >= 11 is 1.48. The molecular weight excluding hydrogens is 168 g/mol. The van der Waals surface area contributed by atoms with Crippen molar-refractivity contribution in [3.05, 3.63) is 41.3 Å². The van der Waals surface area contributed by atoms with Crippen molar-refractivity contribution in [2.75, 3.05) is 0 Å². The number of carbonyl (C=O) groups excluding carboxylic acids is 1. The van der Waals surface area contributed by atoms with Crippen LogP contribution in [0.1, 0.15) is 6.92 Å². The highest BCUT2D eigenvalue weighted by atomic mass is 32.2. The van der Waals surface area contributed by atoms with Crippen molar-refractivity contribution in [3.8, 4) is 0 Å². The van der Waals surface area contributed by atoms with E-state index in [-0.39, 0.29) is 0 Å². The first-order valence-electron chi connectivity index (χ1n) is 3.71. The minimum absolute atomic E-state index is 0.751. The van der Waals surface area contributed by atoms with Crippen LogP contribution >= 0.6 is 11.8 Å². The molecule has 0 aromatic heterocycles. The maximum atomic E-state index is 10.5. The molecule has 1 aromatic rings. The number of thioether (sulfide) groups is 1. The molecule has 1 aromatic carbocycles. The Labute approximate surface area is 76.5 Å². The fraction of sp³-hybridized carbons (Fsp3) is 0.100. The summed E-state index contributed by atoms with van der Waals surface area (Å²) in [6.45, 7) is 1.86. The van der Waals surface area contributed by atoms with Crippen LogP contribution in [0.5, 0.6) is 0 Å². The zero-order valence-corrected chi connectivity index (χ0v) is 7.67. The van der Waals surface area contributed by atoms with Crippen molar-refractivity contribution in [1.82, 2.24) is 0 Å². The Morgan fingerprint density at radius 2 is 2.00 bits per heavy atom. The zero-order chi connectivity index (χ0) is 8.81. The topological polar surface area (TPSA) is 17.1 Å². The summed E-state index contributed by atoms with van der Waals surface area (Å²) in [5, 5.41) is 0. The third-order valence-electron chi connectivity index (χ3n) is 1.38. The van der Waals surface area contributed by atoms with Gasteiger partial charge in [0.2, 0.25) is 0 Å². The predicted molar refractivity (Wildman–Crippen MR) is 52.1 cm³/mol. The molecule has 0 heterocycles. The van der Waals surface area contributed by atoms with Gasteiger partial charge in [-0.3, -0.25) is 4.79 Å². The first-order chi connectivity index (χ1) is 5.86. The molecule has 1 rings (SSSR count). The average molecular weight is 178 g/mol. The van der Waals surface area contributed by atoms with Gasteiger partial charge in [0.15, 0.2) is 6.29 Å². The van der Waals surface area contributed by atoms with E-state index in [0.717, 1.165) is 16.1 Å². The van der Waals surface area contributed by atoms with Crippen molar-refractivity contribution in [2.45, 2.75) is 11.8 Å². The highest BCUT2D eigenvalue weighted by Crippen LogP contribution is 2.23. The molecule has 62 valence electrons. The van der Waals surface area contributed by atoms with Crippen LogP contribution in [-0.4, -0.2) is 6.29 Å². The van der Waals surface area contributed by atoms with Gasteiger partial charge < -0.3 is 0 Å². The average Bonchev–Trinajstić information content (AvgIpc) is 2.16. The third-order valence-corrected chi connectivity index (χ3v) is 2.46. The van der Waals surface area contributed by atoms with Crippen LogP contribution in [-0.2, 0) is 4.79 Å². The molecular formula is C10H10OS. The Hall–Kier alpha value is -1.02. The van der Waals surface area contributed by atoms with Crippen molar-refractivity contribution >= 4 is 18.0 Å². The first-order valence-corrected chi connectivity index (χ1v) is 4.53. The molecule has 1 nitrogen and oxygen atoms in total. The molecule has 0 unspecified atom stereocenters. The number of hydrogen-bond acceptors (Lipinski definition) is 2. The minimum Gasteiger partial charge on any atom is -0.297 e. The quantitative estimate of drug-likeness (QED) is 0.402. The predicted octanol–water partition coefficient (Wildman–Crippen LogP) is 2.88. The largest absolute Gasteiger partial charge is 0.297 e. The molecule has 0 saturated carbocycles. The summed E-state index contributed by atoms with van der Waals surface area (Å²) in [5.74, 6) is 0. The monoisotopic (exact) mass is 178 g/mol. The lowest BCUT2D eigenvalue weighted by molar-refractivity contribution is -0.104. The Balaban J connectivity index is 2.70. The number of aldehydes is 1. The van der Waals surface area contributed by atoms with Gasteiger partial charge in [-0.05, 0) is 19.1 Å². The van der Waals surface area contributed by atoms with E-state index in [1.807, 2.05) is 43.3 Å². The van der Waals surface area contributed by atoms with Gasteiger partial charge in [-0.15, -0.1) is 0 Å². The number of rotatable bonds is 3. The molecule has 0 aliphatic heterocycles. The van der Waals surface area contributed by atoms with Crippen LogP contribution in [0.25, 0.3) is 0 Å². The Kier molecular flexibility index (Phi) is 3.61. The molecule has 0 bridgehead atoms. The van der Waals surface area contributed by atoms with Crippen LogP contribution in [0.4, 0.5) is 0 Å². The molecule has 12 heavy (non-hydrogen) atoms. The zero-order valence-electron chi connectivity index (χ0n) is 6.86. The van der Waals surface area contributed by atoms with E-state index in [0.29, 0.717) is 0 Å². The van der Waals surface area contributed by atoms with E-state index >= 15 is 0 Å². The van der Waals surface area contributed by atoms with Crippen molar-refractivity contribution in [1.29, 1.82) is 0 Å². The maximum Gasteiger partial charge on any atom is 0.156 e. The summed E-state index contributed by atoms with van der Waals surface area (Å²) in [4.78, 5) is 12.3. The molecule has 0 saturated heterocycles. The molecule has 0 spiro atoms. The second-order valence-electron chi connectivity index (χ2n) is 2.22. The number of benzene rings is 1. The van der Waals surface area contributed by atoms with Gasteiger partial charge in [-0.25, -0.2) is 0 Å². The van der Waals surface area contributed by atoms with Gasteiger partial charge in [0, 0.05) is 9.80 Å². The molecule has 0 aliphatic rings. The van der Waals surface area contributed by atoms with Crippen molar-refractivity contribution in [2.24, 2.45) is 0 Å². The molecule has 0 radical (unpaired) electrons. The third kappa shape index (κ3) is 2.55. The standard InChI is InChI=1S/C10H10OS/c1-2-9(8-11)12-10-6-4-3-5-7-10/h2-8H,1H3/b9-2-. The lowest BCUT2D eigenvalue weighted by Gasteiger charge is -1.97. The van der Waals surface area contributed by atoms with E-state index in [9.17, 15) is 4.79 Å². The SMILES string of the molecule is C/C=C(/C=O)Sc1ccccc1. The summed E-state index contributed by atoms with van der Waals surface area (Å²) < 4.78 is 0. The molecule has 0 atom stereocenters. The number of carbonyl (C=O) groups is 1. The summed E-state index contributed by atoms with van der Waals surface area (Å²) in [6.07, 6.45) is 2.68. The van der Waals surface area contributed by atoms with Crippen molar-refractivity contribution < 1.29 is 4.79 Å². The van der Waals surface area contributed by atoms with Crippen LogP contribution in [0.2, 0.25) is 0 Å². The van der Waals surface area contributed by atoms with E-state index in [4.69, 9.17) is 0 Å². The Morgan fingerprint density at radius 3 is 2.50 bits per heavy atom. The molecule has 0 amide bonds. The number of hydrogen-bond donors (Lipinski definition) is 0. The second kappa shape index (κ2) is 4.78. The van der Waals surface area contributed by atoms with E-state index in [1.54, 1.807) is 0 Å². The van der Waals surface area contributed by atoms with E-state index in [2.05, 4.69) is 0 Å². The van der Waals surface area contributed by atoms with Crippen LogP contribution < -0.4 is 0 Å². The number of allylic oxidation sites excluding steroid dienone is 2. The highest BCUT2D eigenvalue weighted by molar-refractivity contribution is 8.03. The summed E-state index contributed by atoms with van der Waals surface area (Å²) in [6, 6.07) is 9.84. The smallest absolute Gasteiger partial charge is 0.156 e. The normalized spacial score (nSPS) is 11.2. The van der Waals surface area contributed by atoms with E-state index < -0.39 is 0 Å². The van der Waals surface area contributed by atoms with Gasteiger partial charge in [0.1, 0.15) is 0 Å². The fourth-order valence-electron chi connectivity index (χ4n) is 0.776. The van der Waals surface area contributed by atoms with E-state index in [1.165, 1.54) is 11.8 Å². The van der Waals surface area contributed by atoms with Gasteiger partial charge >= 0.3 is 0 Å². The molecule has 0 fully saturated rings. The first kappa shape index (κ1) is 9.07.